The van der Waals surface area contributed by atoms with Gasteiger partial charge in [0.05, 0.1) is 0 Å². The third-order valence-electron chi connectivity index (χ3n) is 3.40. The Hall–Kier alpha value is -0.0800. The number of nitrogens with zero attached hydrogens (tertiary/aromatic N) is 1. The van der Waals surface area contributed by atoms with E-state index in [0.29, 0.717) is 17.6 Å². The van der Waals surface area contributed by atoms with Crippen LogP contribution in [-0.4, -0.2) is 35.6 Å². The first-order chi connectivity index (χ1) is 6.47. The second-order valence-electron chi connectivity index (χ2n) is 5.37. The fourth-order valence-corrected chi connectivity index (χ4v) is 2.62. The maximum Gasteiger partial charge on any atom is 0.0198 e. The standard InChI is InChI=1S/C12H26N2/c1-6-7-12(4,5)14-9-10(2)13-8-11(14)3/h10-11,13H,6-9H2,1-5H3. The number of hydrogen-bond donors (Lipinski definition) is 1. The lowest BCUT2D eigenvalue weighted by atomic mass is 9.92. The van der Waals surface area contributed by atoms with Gasteiger partial charge >= 0.3 is 0 Å². The van der Waals surface area contributed by atoms with Crippen molar-refractivity contribution in [2.45, 2.75) is 65.1 Å². The van der Waals surface area contributed by atoms with Gasteiger partial charge in [-0.15, -0.1) is 0 Å². The number of piperazine rings is 1. The molecule has 1 saturated heterocycles. The van der Waals surface area contributed by atoms with Crippen molar-refractivity contribution in [2.75, 3.05) is 13.1 Å². The van der Waals surface area contributed by atoms with Crippen molar-refractivity contribution < 1.29 is 0 Å². The molecule has 0 amide bonds. The maximum atomic E-state index is 3.53. The second kappa shape index (κ2) is 4.63. The molecule has 1 fully saturated rings. The van der Waals surface area contributed by atoms with Crippen molar-refractivity contribution in [1.29, 1.82) is 0 Å². The molecule has 0 bridgehead atoms. The first kappa shape index (κ1) is 12.0. The lowest BCUT2D eigenvalue weighted by molar-refractivity contribution is 0.0356. The lowest BCUT2D eigenvalue weighted by Gasteiger charge is -2.47. The Morgan fingerprint density at radius 1 is 1.36 bits per heavy atom. The van der Waals surface area contributed by atoms with Gasteiger partial charge in [0, 0.05) is 30.7 Å². The van der Waals surface area contributed by atoms with E-state index in [9.17, 15) is 0 Å². The third-order valence-corrected chi connectivity index (χ3v) is 3.40. The van der Waals surface area contributed by atoms with Crippen molar-refractivity contribution in [2.24, 2.45) is 0 Å². The van der Waals surface area contributed by atoms with E-state index >= 15 is 0 Å². The first-order valence-electron chi connectivity index (χ1n) is 5.97. The lowest BCUT2D eigenvalue weighted by Crippen LogP contribution is -2.61. The quantitative estimate of drug-likeness (QED) is 0.748. The molecular formula is C12H26N2. The minimum atomic E-state index is 0.366. The fraction of sp³-hybridized carbons (Fsp3) is 1.00. The van der Waals surface area contributed by atoms with Gasteiger partial charge in [0.15, 0.2) is 0 Å². The van der Waals surface area contributed by atoms with Gasteiger partial charge in [-0.1, -0.05) is 13.3 Å². The van der Waals surface area contributed by atoms with Crippen LogP contribution in [0, 0.1) is 0 Å². The van der Waals surface area contributed by atoms with Crippen LogP contribution in [0.1, 0.15) is 47.5 Å². The smallest absolute Gasteiger partial charge is 0.0198 e. The van der Waals surface area contributed by atoms with Crippen LogP contribution in [0.5, 0.6) is 0 Å². The predicted molar refractivity (Wildman–Crippen MR) is 62.6 cm³/mol. The Morgan fingerprint density at radius 2 is 2.00 bits per heavy atom. The van der Waals surface area contributed by atoms with Gasteiger partial charge in [-0.3, -0.25) is 4.90 Å². The minimum absolute atomic E-state index is 0.366. The van der Waals surface area contributed by atoms with Crippen LogP contribution in [0.25, 0.3) is 0 Å². The number of nitrogens with one attached hydrogen (secondary N) is 1. The summed E-state index contributed by atoms with van der Waals surface area (Å²) in [6, 6.07) is 1.31. The summed E-state index contributed by atoms with van der Waals surface area (Å²) in [4.78, 5) is 2.66. The van der Waals surface area contributed by atoms with Gasteiger partial charge < -0.3 is 5.32 Å². The third kappa shape index (κ3) is 2.71. The molecule has 0 saturated carbocycles. The van der Waals surface area contributed by atoms with Crippen LogP contribution in [0.4, 0.5) is 0 Å². The Balaban J connectivity index is 2.63. The van der Waals surface area contributed by atoms with E-state index in [1.807, 2.05) is 0 Å². The molecule has 0 aromatic rings. The molecule has 2 heteroatoms. The van der Waals surface area contributed by atoms with Gasteiger partial charge in [0.2, 0.25) is 0 Å². The van der Waals surface area contributed by atoms with Crippen molar-refractivity contribution in [3.63, 3.8) is 0 Å². The summed E-state index contributed by atoms with van der Waals surface area (Å²) in [7, 11) is 0. The summed E-state index contributed by atoms with van der Waals surface area (Å²) < 4.78 is 0. The molecule has 1 N–H and O–H groups in total. The Morgan fingerprint density at radius 3 is 2.57 bits per heavy atom. The molecular weight excluding hydrogens is 172 g/mol. The molecule has 0 aromatic carbocycles. The molecule has 0 spiro atoms. The van der Waals surface area contributed by atoms with E-state index in [0.717, 1.165) is 6.54 Å². The summed E-state index contributed by atoms with van der Waals surface area (Å²) in [5.74, 6) is 0. The monoisotopic (exact) mass is 198 g/mol. The second-order valence-corrected chi connectivity index (χ2v) is 5.37. The van der Waals surface area contributed by atoms with Crippen LogP contribution in [0.15, 0.2) is 0 Å². The van der Waals surface area contributed by atoms with Crippen molar-refractivity contribution in [3.05, 3.63) is 0 Å². The average Bonchev–Trinajstić information content (AvgIpc) is 2.09. The fourth-order valence-electron chi connectivity index (χ4n) is 2.62. The van der Waals surface area contributed by atoms with Crippen molar-refractivity contribution >= 4 is 0 Å². The molecule has 1 aliphatic heterocycles. The molecule has 0 radical (unpaired) electrons. The molecule has 2 unspecified atom stereocenters. The van der Waals surface area contributed by atoms with Gasteiger partial charge in [-0.2, -0.15) is 0 Å². The Kier molecular flexibility index (Phi) is 3.96. The molecule has 1 rings (SSSR count). The van der Waals surface area contributed by atoms with Crippen LogP contribution >= 0.6 is 0 Å². The van der Waals surface area contributed by atoms with Crippen molar-refractivity contribution in [3.8, 4) is 0 Å². The van der Waals surface area contributed by atoms with Gasteiger partial charge in [-0.05, 0) is 34.1 Å². The zero-order valence-electron chi connectivity index (χ0n) is 10.4. The highest BCUT2D eigenvalue weighted by Gasteiger charge is 2.33. The molecule has 0 aliphatic carbocycles. The van der Waals surface area contributed by atoms with E-state index in [1.165, 1.54) is 19.4 Å². The molecule has 2 nitrogen and oxygen atoms in total. The molecule has 1 aliphatic rings. The molecule has 2 atom stereocenters. The van der Waals surface area contributed by atoms with Crippen LogP contribution in [0.2, 0.25) is 0 Å². The molecule has 84 valence electrons. The highest BCUT2D eigenvalue weighted by molar-refractivity contribution is 4.91. The maximum absolute atomic E-state index is 3.53. The van der Waals surface area contributed by atoms with E-state index in [1.54, 1.807) is 0 Å². The predicted octanol–water partition coefficient (Wildman–Crippen LogP) is 2.25. The van der Waals surface area contributed by atoms with Crippen molar-refractivity contribution in [1.82, 2.24) is 10.2 Å². The van der Waals surface area contributed by atoms with E-state index < -0.39 is 0 Å². The zero-order chi connectivity index (χ0) is 10.8. The van der Waals surface area contributed by atoms with Crippen LogP contribution in [-0.2, 0) is 0 Å². The molecule has 0 aromatic heterocycles. The summed E-state index contributed by atoms with van der Waals surface area (Å²) in [6.07, 6.45) is 2.57. The summed E-state index contributed by atoms with van der Waals surface area (Å²) >= 11 is 0. The summed E-state index contributed by atoms with van der Waals surface area (Å²) in [5, 5.41) is 3.53. The van der Waals surface area contributed by atoms with E-state index in [2.05, 4.69) is 44.8 Å². The van der Waals surface area contributed by atoms with E-state index in [4.69, 9.17) is 0 Å². The first-order valence-corrected chi connectivity index (χ1v) is 5.97. The highest BCUT2D eigenvalue weighted by atomic mass is 15.3. The zero-order valence-corrected chi connectivity index (χ0v) is 10.4. The van der Waals surface area contributed by atoms with Crippen LogP contribution in [0.3, 0.4) is 0 Å². The molecule has 1 heterocycles. The normalized spacial score (nSPS) is 30.6. The average molecular weight is 198 g/mol. The SMILES string of the molecule is CCCC(C)(C)N1CC(C)NCC1C. The Labute approximate surface area is 89.1 Å². The number of rotatable bonds is 3. The van der Waals surface area contributed by atoms with Gasteiger partial charge in [-0.25, -0.2) is 0 Å². The number of hydrogen-bond acceptors (Lipinski definition) is 2. The minimum Gasteiger partial charge on any atom is -0.311 e. The summed E-state index contributed by atoms with van der Waals surface area (Å²) in [5.41, 5.74) is 0.366. The highest BCUT2D eigenvalue weighted by Crippen LogP contribution is 2.24. The van der Waals surface area contributed by atoms with Crippen LogP contribution < -0.4 is 5.32 Å². The van der Waals surface area contributed by atoms with Gasteiger partial charge in [0.1, 0.15) is 0 Å². The Bertz CT molecular complexity index is 177. The summed E-state index contributed by atoms with van der Waals surface area (Å²) in [6.45, 7) is 14.0. The largest absolute Gasteiger partial charge is 0.311 e. The van der Waals surface area contributed by atoms with E-state index in [-0.39, 0.29) is 0 Å². The molecule has 14 heavy (non-hydrogen) atoms. The van der Waals surface area contributed by atoms with Gasteiger partial charge in [0.25, 0.3) is 0 Å². The topological polar surface area (TPSA) is 15.3 Å².